The first-order valence-electron chi connectivity index (χ1n) is 6.26. The fraction of sp³-hybridized carbons (Fsp3) is 0.500. The summed E-state index contributed by atoms with van der Waals surface area (Å²) in [4.78, 5) is 38.2. The highest BCUT2D eigenvalue weighted by molar-refractivity contribution is 7.11. The van der Waals surface area contributed by atoms with Crippen LogP contribution in [-0.2, 0) is 9.53 Å². The van der Waals surface area contributed by atoms with Gasteiger partial charge in [0.05, 0.1) is 6.61 Å². The molecule has 0 radical (unpaired) electrons. The lowest BCUT2D eigenvalue weighted by atomic mass is 10.3. The maximum absolute atomic E-state index is 11.7. The number of esters is 1. The van der Waals surface area contributed by atoms with Gasteiger partial charge in [0, 0.05) is 24.9 Å². The Bertz CT molecular complexity index is 487. The molecule has 0 aliphatic rings. The molecule has 0 aliphatic carbocycles. The van der Waals surface area contributed by atoms with E-state index in [4.69, 9.17) is 4.74 Å². The van der Waals surface area contributed by atoms with Crippen molar-refractivity contribution in [1.29, 1.82) is 0 Å². The molecule has 0 aliphatic heterocycles. The number of hydrogen-bond donors (Lipinski definition) is 2. The Kier molecular flexibility index (Phi) is 6.65. The second-order valence-corrected chi connectivity index (χ2v) is 4.58. The van der Waals surface area contributed by atoms with E-state index in [2.05, 4.69) is 15.6 Å². The molecule has 20 heavy (non-hydrogen) atoms. The molecule has 0 bridgehead atoms. The van der Waals surface area contributed by atoms with Crippen molar-refractivity contribution in [2.75, 3.05) is 19.7 Å². The summed E-state index contributed by atoms with van der Waals surface area (Å²) in [5, 5.41) is 6.81. The van der Waals surface area contributed by atoms with Crippen molar-refractivity contribution in [2.24, 2.45) is 0 Å². The van der Waals surface area contributed by atoms with Gasteiger partial charge in [0.2, 0.25) is 10.9 Å². The van der Waals surface area contributed by atoms with Crippen LogP contribution in [0.3, 0.4) is 0 Å². The van der Waals surface area contributed by atoms with E-state index >= 15 is 0 Å². The minimum Gasteiger partial charge on any atom is -0.461 e. The Morgan fingerprint density at radius 2 is 2.05 bits per heavy atom. The van der Waals surface area contributed by atoms with Crippen LogP contribution in [0.2, 0.25) is 0 Å². The molecule has 2 amide bonds. The molecule has 0 unspecified atom stereocenters. The summed E-state index contributed by atoms with van der Waals surface area (Å²) in [6.07, 6.45) is 0.203. The van der Waals surface area contributed by atoms with Gasteiger partial charge < -0.3 is 15.4 Å². The number of thiazole rings is 1. The highest BCUT2D eigenvalue weighted by atomic mass is 32.1. The predicted molar refractivity (Wildman–Crippen MR) is 73.7 cm³/mol. The SMILES string of the molecule is CCNC(=O)CCNC(=O)c1csc(C(=O)OCC)n1. The Morgan fingerprint density at radius 1 is 1.30 bits per heavy atom. The molecule has 110 valence electrons. The molecule has 0 saturated heterocycles. The molecule has 1 aromatic heterocycles. The lowest BCUT2D eigenvalue weighted by Gasteiger charge is -2.03. The van der Waals surface area contributed by atoms with Crippen molar-refractivity contribution in [2.45, 2.75) is 20.3 Å². The first-order chi connectivity index (χ1) is 9.58. The van der Waals surface area contributed by atoms with Gasteiger partial charge in [0.1, 0.15) is 5.69 Å². The van der Waals surface area contributed by atoms with Crippen LogP contribution in [0.25, 0.3) is 0 Å². The second-order valence-electron chi connectivity index (χ2n) is 3.72. The standard InChI is InChI=1S/C12H17N3O4S/c1-3-13-9(16)5-6-14-10(17)8-7-20-11(15-8)12(18)19-4-2/h7H,3-6H2,1-2H3,(H,13,16)(H,14,17). The molecule has 1 heterocycles. The minimum absolute atomic E-state index is 0.127. The van der Waals surface area contributed by atoms with Crippen LogP contribution in [0.5, 0.6) is 0 Å². The van der Waals surface area contributed by atoms with Crippen molar-refractivity contribution >= 4 is 29.1 Å². The van der Waals surface area contributed by atoms with Gasteiger partial charge in [-0.3, -0.25) is 9.59 Å². The van der Waals surface area contributed by atoms with Crippen LogP contribution >= 0.6 is 11.3 Å². The van der Waals surface area contributed by atoms with Gasteiger partial charge in [-0.05, 0) is 13.8 Å². The van der Waals surface area contributed by atoms with Gasteiger partial charge in [0.15, 0.2) is 0 Å². The van der Waals surface area contributed by atoms with E-state index in [0.717, 1.165) is 11.3 Å². The normalized spacial score (nSPS) is 9.90. The fourth-order valence-electron chi connectivity index (χ4n) is 1.33. The van der Waals surface area contributed by atoms with E-state index in [1.165, 1.54) is 5.38 Å². The summed E-state index contributed by atoms with van der Waals surface area (Å²) in [5.74, 6) is -1.08. The molecule has 0 saturated carbocycles. The van der Waals surface area contributed by atoms with E-state index in [0.29, 0.717) is 6.54 Å². The average molecular weight is 299 g/mol. The summed E-state index contributed by atoms with van der Waals surface area (Å²) in [7, 11) is 0. The van der Waals surface area contributed by atoms with E-state index in [-0.39, 0.29) is 36.2 Å². The molecule has 7 nitrogen and oxygen atoms in total. The van der Waals surface area contributed by atoms with Crippen molar-refractivity contribution in [3.8, 4) is 0 Å². The summed E-state index contributed by atoms with van der Waals surface area (Å²) in [5.41, 5.74) is 0.147. The van der Waals surface area contributed by atoms with Crippen molar-refractivity contribution in [3.05, 3.63) is 16.1 Å². The van der Waals surface area contributed by atoms with Crippen molar-refractivity contribution < 1.29 is 19.1 Å². The van der Waals surface area contributed by atoms with Gasteiger partial charge in [0.25, 0.3) is 5.91 Å². The molecule has 0 aromatic carbocycles. The van der Waals surface area contributed by atoms with Crippen LogP contribution in [0, 0.1) is 0 Å². The van der Waals surface area contributed by atoms with E-state index in [1.54, 1.807) is 6.92 Å². The van der Waals surface area contributed by atoms with Crippen LogP contribution < -0.4 is 10.6 Å². The first kappa shape index (κ1) is 16.1. The largest absolute Gasteiger partial charge is 0.461 e. The lowest BCUT2D eigenvalue weighted by molar-refractivity contribution is -0.120. The molecule has 1 rings (SSSR count). The highest BCUT2D eigenvalue weighted by Crippen LogP contribution is 2.11. The number of rotatable bonds is 7. The number of hydrogen-bond acceptors (Lipinski definition) is 6. The van der Waals surface area contributed by atoms with Gasteiger partial charge in [-0.2, -0.15) is 0 Å². The van der Waals surface area contributed by atoms with Crippen LogP contribution in [0.15, 0.2) is 5.38 Å². The van der Waals surface area contributed by atoms with Crippen LogP contribution in [-0.4, -0.2) is 42.5 Å². The Morgan fingerprint density at radius 3 is 2.70 bits per heavy atom. The van der Waals surface area contributed by atoms with Crippen LogP contribution in [0.4, 0.5) is 0 Å². The number of ether oxygens (including phenoxy) is 1. The molecular formula is C12H17N3O4S. The maximum atomic E-state index is 11.7. The summed E-state index contributed by atoms with van der Waals surface area (Å²) in [6, 6.07) is 0. The first-order valence-corrected chi connectivity index (χ1v) is 7.14. The Balaban J connectivity index is 2.44. The Hall–Kier alpha value is -1.96. The average Bonchev–Trinajstić information content (AvgIpc) is 2.89. The molecular weight excluding hydrogens is 282 g/mol. The fourth-order valence-corrected chi connectivity index (χ4v) is 2.02. The summed E-state index contributed by atoms with van der Waals surface area (Å²) >= 11 is 1.05. The van der Waals surface area contributed by atoms with Gasteiger partial charge in [-0.1, -0.05) is 0 Å². The molecule has 0 atom stereocenters. The third-order valence-corrected chi connectivity index (χ3v) is 3.02. The number of nitrogens with zero attached hydrogens (tertiary/aromatic N) is 1. The number of aromatic nitrogens is 1. The van der Waals surface area contributed by atoms with Crippen molar-refractivity contribution in [3.63, 3.8) is 0 Å². The molecule has 0 spiro atoms. The number of amides is 2. The smallest absolute Gasteiger partial charge is 0.367 e. The third kappa shape index (κ3) is 4.96. The maximum Gasteiger partial charge on any atom is 0.367 e. The second kappa shape index (κ2) is 8.26. The summed E-state index contributed by atoms with van der Waals surface area (Å²) in [6.45, 7) is 4.55. The monoisotopic (exact) mass is 299 g/mol. The van der Waals surface area contributed by atoms with Crippen molar-refractivity contribution in [1.82, 2.24) is 15.6 Å². The third-order valence-electron chi connectivity index (χ3n) is 2.20. The lowest BCUT2D eigenvalue weighted by Crippen LogP contribution is -2.30. The predicted octanol–water partition coefficient (Wildman–Crippen LogP) is 0.576. The highest BCUT2D eigenvalue weighted by Gasteiger charge is 2.16. The van der Waals surface area contributed by atoms with Crippen LogP contribution in [0.1, 0.15) is 40.6 Å². The van der Waals surface area contributed by atoms with Gasteiger partial charge in [-0.25, -0.2) is 9.78 Å². The summed E-state index contributed by atoms with van der Waals surface area (Å²) < 4.78 is 4.78. The topological polar surface area (TPSA) is 97.4 Å². The zero-order valence-electron chi connectivity index (χ0n) is 11.4. The molecule has 0 fully saturated rings. The van der Waals surface area contributed by atoms with E-state index < -0.39 is 11.9 Å². The molecule has 8 heteroatoms. The van der Waals surface area contributed by atoms with Gasteiger partial charge in [-0.15, -0.1) is 11.3 Å². The quantitative estimate of drug-likeness (QED) is 0.718. The Labute approximate surface area is 120 Å². The van der Waals surface area contributed by atoms with E-state index in [1.807, 2.05) is 6.92 Å². The molecule has 2 N–H and O–H groups in total. The minimum atomic E-state index is -0.543. The van der Waals surface area contributed by atoms with E-state index in [9.17, 15) is 14.4 Å². The molecule has 1 aromatic rings. The zero-order valence-corrected chi connectivity index (χ0v) is 12.2. The zero-order chi connectivity index (χ0) is 15.0. The number of carbonyl (C=O) groups is 3. The number of carbonyl (C=O) groups excluding carboxylic acids is 3. The number of nitrogens with one attached hydrogen (secondary N) is 2. The van der Waals surface area contributed by atoms with Gasteiger partial charge >= 0.3 is 5.97 Å².